The largest absolute Gasteiger partial charge is 0.346 e. The molecule has 0 fully saturated rings. The molecule has 4 aromatic rings. The number of aromatic nitrogens is 4. The molecule has 0 aliphatic rings. The summed E-state index contributed by atoms with van der Waals surface area (Å²) < 4.78 is 16.7. The minimum Gasteiger partial charge on any atom is -0.346 e. The van der Waals surface area contributed by atoms with Gasteiger partial charge in [-0.15, -0.1) is 0 Å². The summed E-state index contributed by atoms with van der Waals surface area (Å²) in [5, 5.41) is 5.16. The molecule has 0 atom stereocenters. The highest BCUT2D eigenvalue weighted by atomic mass is 19.1. The number of Topliss-reactive ketones (excluding diaryl/α,β-unsaturated/α-hetero) is 1. The third-order valence-corrected chi connectivity index (χ3v) is 5.02. The molecule has 0 aliphatic carbocycles. The summed E-state index contributed by atoms with van der Waals surface area (Å²) in [6.45, 7) is 10.4. The average molecular weight is 392 g/mol. The molecule has 1 aromatic carbocycles. The maximum atomic E-state index is 12.9. The molecule has 0 unspecified atom stereocenters. The predicted molar refractivity (Wildman–Crippen MR) is 113 cm³/mol. The maximum Gasteiger partial charge on any atom is 0.161 e. The molecule has 6 heteroatoms. The molecule has 0 aliphatic heterocycles. The number of rotatable bonds is 4. The number of nitrogens with zero attached hydrogens (tertiary/aromatic N) is 4. The van der Waals surface area contributed by atoms with E-state index < -0.39 is 6.67 Å². The first kappa shape index (κ1) is 19.3. The van der Waals surface area contributed by atoms with E-state index in [2.05, 4.69) is 48.4 Å². The minimum absolute atomic E-state index is 0.0486. The Morgan fingerprint density at radius 2 is 1.90 bits per heavy atom. The van der Waals surface area contributed by atoms with Crippen molar-refractivity contribution in [3.8, 4) is 11.1 Å². The van der Waals surface area contributed by atoms with E-state index in [1.165, 1.54) is 0 Å². The molecular formula is C23H25FN4O. The van der Waals surface area contributed by atoms with Crippen LogP contribution < -0.4 is 0 Å². The summed E-state index contributed by atoms with van der Waals surface area (Å²) in [5.74, 6) is 0.0486. The first-order chi connectivity index (χ1) is 13.7. The van der Waals surface area contributed by atoms with E-state index in [9.17, 15) is 9.18 Å². The SMILES string of the molecule is CC(=O)c1cn(CC(C)(C)C)c2c(C)cc(-c3cnc4cc(CF)nn4c3)cc12. The molecule has 3 heterocycles. The van der Waals surface area contributed by atoms with Crippen molar-refractivity contribution in [2.45, 2.75) is 47.8 Å². The van der Waals surface area contributed by atoms with Crippen molar-refractivity contribution in [3.05, 3.63) is 53.6 Å². The lowest BCUT2D eigenvalue weighted by atomic mass is 9.96. The van der Waals surface area contributed by atoms with Crippen LogP contribution in [0, 0.1) is 12.3 Å². The van der Waals surface area contributed by atoms with Crippen LogP contribution in [0.25, 0.3) is 27.7 Å². The molecule has 150 valence electrons. The number of benzene rings is 1. The van der Waals surface area contributed by atoms with Gasteiger partial charge in [-0.05, 0) is 42.5 Å². The summed E-state index contributed by atoms with van der Waals surface area (Å²) in [7, 11) is 0. The monoisotopic (exact) mass is 392 g/mol. The van der Waals surface area contributed by atoms with E-state index in [1.807, 2.05) is 18.5 Å². The molecule has 0 spiro atoms. The Bertz CT molecular complexity index is 1240. The Hall–Kier alpha value is -3.02. The molecule has 0 N–H and O–H groups in total. The molecule has 4 rings (SSSR count). The van der Waals surface area contributed by atoms with Crippen LogP contribution >= 0.6 is 0 Å². The molecule has 0 radical (unpaired) electrons. The minimum atomic E-state index is -0.618. The standard InChI is InChI=1S/C23H25FN4O/c1-14-6-16(17-10-25-21-8-18(9-24)26-28(21)11-17)7-19-20(15(2)29)12-27(22(14)19)13-23(3,4)5/h6-8,10-12H,9,13H2,1-5H3. The smallest absolute Gasteiger partial charge is 0.161 e. The van der Waals surface area contributed by atoms with E-state index in [0.29, 0.717) is 11.3 Å². The lowest BCUT2D eigenvalue weighted by Crippen LogP contribution is -2.15. The number of aryl methyl sites for hydroxylation is 1. The summed E-state index contributed by atoms with van der Waals surface area (Å²) in [6.07, 6.45) is 5.58. The lowest BCUT2D eigenvalue weighted by molar-refractivity contribution is 0.101. The van der Waals surface area contributed by atoms with Gasteiger partial charge in [-0.3, -0.25) is 4.79 Å². The van der Waals surface area contributed by atoms with Crippen LogP contribution in [0.4, 0.5) is 4.39 Å². The Morgan fingerprint density at radius 3 is 2.55 bits per heavy atom. The van der Waals surface area contributed by atoms with Gasteiger partial charge < -0.3 is 4.57 Å². The first-order valence-electron chi connectivity index (χ1n) is 9.71. The molecular weight excluding hydrogens is 367 g/mol. The quantitative estimate of drug-likeness (QED) is 0.438. The molecule has 5 nitrogen and oxygen atoms in total. The van der Waals surface area contributed by atoms with Crippen molar-refractivity contribution in [1.29, 1.82) is 0 Å². The van der Waals surface area contributed by atoms with Gasteiger partial charge in [0.05, 0.1) is 11.2 Å². The van der Waals surface area contributed by atoms with Crippen molar-refractivity contribution in [2.24, 2.45) is 5.41 Å². The van der Waals surface area contributed by atoms with Crippen LogP contribution in [0.1, 0.15) is 49.3 Å². The van der Waals surface area contributed by atoms with E-state index in [0.717, 1.165) is 39.7 Å². The van der Waals surface area contributed by atoms with E-state index in [1.54, 1.807) is 23.7 Å². The molecule has 0 bridgehead atoms. The van der Waals surface area contributed by atoms with Gasteiger partial charge in [0, 0.05) is 47.7 Å². The Morgan fingerprint density at radius 1 is 1.14 bits per heavy atom. The third kappa shape index (κ3) is 3.55. The van der Waals surface area contributed by atoms with Gasteiger partial charge in [0.15, 0.2) is 11.4 Å². The molecule has 0 saturated heterocycles. The van der Waals surface area contributed by atoms with Crippen molar-refractivity contribution in [3.63, 3.8) is 0 Å². The zero-order valence-corrected chi connectivity index (χ0v) is 17.5. The fourth-order valence-electron chi connectivity index (χ4n) is 3.88. The van der Waals surface area contributed by atoms with Gasteiger partial charge in [-0.25, -0.2) is 13.9 Å². The van der Waals surface area contributed by atoms with Gasteiger partial charge in [-0.1, -0.05) is 20.8 Å². The van der Waals surface area contributed by atoms with Gasteiger partial charge in [-0.2, -0.15) is 5.10 Å². The van der Waals surface area contributed by atoms with Crippen LogP contribution in [0.3, 0.4) is 0 Å². The van der Waals surface area contributed by atoms with Crippen molar-refractivity contribution in [2.75, 3.05) is 0 Å². The summed E-state index contributed by atoms with van der Waals surface area (Å²) >= 11 is 0. The lowest BCUT2D eigenvalue weighted by Gasteiger charge is -2.20. The van der Waals surface area contributed by atoms with Crippen molar-refractivity contribution in [1.82, 2.24) is 19.2 Å². The Kier molecular flexibility index (Phi) is 4.52. The third-order valence-electron chi connectivity index (χ3n) is 5.02. The Labute approximate surface area is 169 Å². The number of ketones is 1. The first-order valence-corrected chi connectivity index (χ1v) is 9.71. The van der Waals surface area contributed by atoms with Crippen LogP contribution in [-0.2, 0) is 13.2 Å². The van der Waals surface area contributed by atoms with E-state index >= 15 is 0 Å². The molecule has 29 heavy (non-hydrogen) atoms. The fourth-order valence-corrected chi connectivity index (χ4v) is 3.88. The van der Waals surface area contributed by atoms with Gasteiger partial charge in [0.25, 0.3) is 0 Å². The van der Waals surface area contributed by atoms with E-state index in [-0.39, 0.29) is 11.2 Å². The Balaban J connectivity index is 1.90. The van der Waals surface area contributed by atoms with Crippen LogP contribution in [-0.4, -0.2) is 24.9 Å². The summed E-state index contributed by atoms with van der Waals surface area (Å²) in [6, 6.07) is 5.78. The molecule has 0 saturated carbocycles. The normalized spacial score (nSPS) is 12.2. The number of fused-ring (bicyclic) bond motifs is 2. The van der Waals surface area contributed by atoms with Crippen molar-refractivity contribution < 1.29 is 9.18 Å². The van der Waals surface area contributed by atoms with Crippen molar-refractivity contribution >= 4 is 22.3 Å². The number of alkyl halides is 1. The number of hydrogen-bond donors (Lipinski definition) is 0. The average Bonchev–Trinajstić information content (AvgIpc) is 3.21. The highest BCUT2D eigenvalue weighted by Gasteiger charge is 2.19. The fraction of sp³-hybridized carbons (Fsp3) is 0.348. The molecule has 0 amide bonds. The zero-order valence-electron chi connectivity index (χ0n) is 17.5. The zero-order chi connectivity index (χ0) is 20.9. The van der Waals surface area contributed by atoms with Crippen LogP contribution in [0.2, 0.25) is 0 Å². The second kappa shape index (κ2) is 6.79. The number of hydrogen-bond acceptors (Lipinski definition) is 3. The second-order valence-electron chi connectivity index (χ2n) is 8.89. The van der Waals surface area contributed by atoms with Crippen LogP contribution in [0.5, 0.6) is 0 Å². The summed E-state index contributed by atoms with van der Waals surface area (Å²) in [4.78, 5) is 16.7. The van der Waals surface area contributed by atoms with E-state index in [4.69, 9.17) is 0 Å². The highest BCUT2D eigenvalue weighted by molar-refractivity contribution is 6.08. The number of carbonyl (C=O) groups is 1. The van der Waals surface area contributed by atoms with Gasteiger partial charge >= 0.3 is 0 Å². The summed E-state index contributed by atoms with van der Waals surface area (Å²) in [5.41, 5.74) is 5.79. The topological polar surface area (TPSA) is 52.2 Å². The predicted octanol–water partition coefficient (Wildman–Crippen LogP) is 5.38. The number of halogens is 1. The number of carbonyl (C=O) groups excluding carboxylic acids is 1. The maximum absolute atomic E-state index is 12.9. The van der Waals surface area contributed by atoms with Gasteiger partial charge in [0.2, 0.25) is 0 Å². The van der Waals surface area contributed by atoms with Gasteiger partial charge in [0.1, 0.15) is 6.67 Å². The second-order valence-corrected chi connectivity index (χ2v) is 8.89. The molecule has 3 aromatic heterocycles. The van der Waals surface area contributed by atoms with Crippen LogP contribution in [0.15, 0.2) is 36.8 Å². The highest BCUT2D eigenvalue weighted by Crippen LogP contribution is 2.33.